The summed E-state index contributed by atoms with van der Waals surface area (Å²) in [7, 11) is 1.58. The molecule has 3 amide bonds. The summed E-state index contributed by atoms with van der Waals surface area (Å²) < 4.78 is 10.7. The summed E-state index contributed by atoms with van der Waals surface area (Å²) in [6.07, 6.45) is 0. The number of nitrogens with zero attached hydrogens (tertiary/aromatic N) is 2. The standard InChI is InChI=1S/C19H25N5O4S/c1-12-4-5-16(27-3)14(10-12)13(2)20-18(26)23-22-17(25)15-11-29-19(21-15)24-6-8-28-9-7-24/h4-5,10-11,13H,6-9H2,1-3H3,(H,22,25)(H2,20,23,26). The molecule has 1 aromatic carbocycles. The number of benzene rings is 1. The first-order chi connectivity index (χ1) is 14.0. The molecule has 10 heteroatoms. The Morgan fingerprint density at radius 2 is 2.03 bits per heavy atom. The second-order valence-corrected chi connectivity index (χ2v) is 7.47. The molecule has 0 spiro atoms. The summed E-state index contributed by atoms with van der Waals surface area (Å²) in [6.45, 7) is 6.59. The highest BCUT2D eigenvalue weighted by Gasteiger charge is 2.19. The van der Waals surface area contributed by atoms with E-state index in [1.165, 1.54) is 11.3 Å². The summed E-state index contributed by atoms with van der Waals surface area (Å²) in [5, 5.41) is 5.21. The van der Waals surface area contributed by atoms with Crippen molar-refractivity contribution in [2.75, 3.05) is 38.3 Å². The molecule has 0 radical (unpaired) electrons. The molecule has 0 aliphatic carbocycles. The van der Waals surface area contributed by atoms with Crippen LogP contribution in [0.1, 0.15) is 34.6 Å². The number of rotatable bonds is 5. The lowest BCUT2D eigenvalue weighted by Gasteiger charge is -2.25. The van der Waals surface area contributed by atoms with Crippen LogP contribution in [-0.2, 0) is 4.74 Å². The number of anilines is 1. The minimum Gasteiger partial charge on any atom is -0.496 e. The van der Waals surface area contributed by atoms with Crippen LogP contribution in [0.25, 0.3) is 0 Å². The van der Waals surface area contributed by atoms with Gasteiger partial charge in [0, 0.05) is 24.0 Å². The van der Waals surface area contributed by atoms with Gasteiger partial charge in [-0.3, -0.25) is 10.2 Å². The molecule has 9 nitrogen and oxygen atoms in total. The molecule has 1 aliphatic rings. The van der Waals surface area contributed by atoms with Crippen LogP contribution >= 0.6 is 11.3 Å². The van der Waals surface area contributed by atoms with Crippen molar-refractivity contribution in [2.45, 2.75) is 19.9 Å². The molecule has 2 heterocycles. The van der Waals surface area contributed by atoms with Crippen LogP contribution in [0.3, 0.4) is 0 Å². The Balaban J connectivity index is 1.52. The maximum Gasteiger partial charge on any atom is 0.333 e. The van der Waals surface area contributed by atoms with Gasteiger partial charge in [-0.1, -0.05) is 17.7 Å². The minimum absolute atomic E-state index is 0.255. The molecule has 1 saturated heterocycles. The van der Waals surface area contributed by atoms with Crippen LogP contribution in [-0.4, -0.2) is 50.3 Å². The summed E-state index contributed by atoms with van der Waals surface area (Å²) in [5.41, 5.74) is 6.91. The average Bonchev–Trinajstić information content (AvgIpc) is 3.23. The molecule has 29 heavy (non-hydrogen) atoms. The Labute approximate surface area is 173 Å². The topological polar surface area (TPSA) is 105 Å². The van der Waals surface area contributed by atoms with Gasteiger partial charge >= 0.3 is 6.03 Å². The van der Waals surface area contributed by atoms with E-state index in [4.69, 9.17) is 9.47 Å². The van der Waals surface area contributed by atoms with E-state index in [9.17, 15) is 9.59 Å². The second-order valence-electron chi connectivity index (χ2n) is 6.63. The quantitative estimate of drug-likeness (QED) is 0.641. The zero-order valence-electron chi connectivity index (χ0n) is 16.7. The van der Waals surface area contributed by atoms with Gasteiger partial charge in [0.15, 0.2) is 5.13 Å². The largest absolute Gasteiger partial charge is 0.496 e. The fourth-order valence-electron chi connectivity index (χ4n) is 2.95. The molecule has 156 valence electrons. The molecule has 1 aliphatic heterocycles. The first kappa shape index (κ1) is 20.9. The highest BCUT2D eigenvalue weighted by Crippen LogP contribution is 2.26. The first-order valence-corrected chi connectivity index (χ1v) is 10.2. The van der Waals surface area contributed by atoms with Crippen molar-refractivity contribution >= 4 is 28.4 Å². The van der Waals surface area contributed by atoms with Crippen LogP contribution < -0.4 is 25.8 Å². The van der Waals surface area contributed by atoms with E-state index < -0.39 is 11.9 Å². The van der Waals surface area contributed by atoms with E-state index in [0.29, 0.717) is 19.0 Å². The maximum atomic E-state index is 12.3. The van der Waals surface area contributed by atoms with Gasteiger partial charge in [-0.05, 0) is 19.9 Å². The lowest BCUT2D eigenvalue weighted by molar-refractivity contribution is 0.0931. The second kappa shape index (κ2) is 9.57. The van der Waals surface area contributed by atoms with E-state index in [-0.39, 0.29) is 11.7 Å². The smallest absolute Gasteiger partial charge is 0.333 e. The lowest BCUT2D eigenvalue weighted by atomic mass is 10.0. The highest BCUT2D eigenvalue weighted by atomic mass is 32.1. The van der Waals surface area contributed by atoms with Crippen LogP contribution in [0.15, 0.2) is 23.6 Å². The number of thiazole rings is 1. The molecule has 1 aromatic heterocycles. The molecular weight excluding hydrogens is 394 g/mol. The molecule has 1 fully saturated rings. The number of morpholine rings is 1. The van der Waals surface area contributed by atoms with E-state index >= 15 is 0 Å². The number of aromatic nitrogens is 1. The number of hydrogen-bond acceptors (Lipinski definition) is 7. The van der Waals surface area contributed by atoms with E-state index in [2.05, 4.69) is 26.1 Å². The molecule has 2 aromatic rings. The number of hydrazine groups is 1. The predicted molar refractivity (Wildman–Crippen MR) is 110 cm³/mol. The summed E-state index contributed by atoms with van der Waals surface area (Å²) in [6, 6.07) is 4.91. The van der Waals surface area contributed by atoms with E-state index in [1.807, 2.05) is 32.0 Å². The van der Waals surface area contributed by atoms with Gasteiger partial charge in [0.25, 0.3) is 5.91 Å². The van der Waals surface area contributed by atoms with Crippen LogP contribution in [0.5, 0.6) is 5.75 Å². The van der Waals surface area contributed by atoms with E-state index in [0.717, 1.165) is 29.3 Å². The van der Waals surface area contributed by atoms with Crippen molar-refractivity contribution in [1.29, 1.82) is 0 Å². The summed E-state index contributed by atoms with van der Waals surface area (Å²) in [4.78, 5) is 30.9. The van der Waals surface area contributed by atoms with Crippen molar-refractivity contribution in [3.8, 4) is 5.75 Å². The van der Waals surface area contributed by atoms with Gasteiger partial charge in [0.05, 0.1) is 26.4 Å². The van der Waals surface area contributed by atoms with Gasteiger partial charge in [-0.2, -0.15) is 0 Å². The number of aryl methyl sites for hydroxylation is 1. The minimum atomic E-state index is -0.530. The number of carbonyl (C=O) groups is 2. The lowest BCUT2D eigenvalue weighted by Crippen LogP contribution is -2.47. The zero-order chi connectivity index (χ0) is 20.8. The molecule has 1 unspecified atom stereocenters. The fourth-order valence-corrected chi connectivity index (χ4v) is 3.81. The van der Waals surface area contributed by atoms with E-state index in [1.54, 1.807) is 12.5 Å². The van der Waals surface area contributed by atoms with Crippen LogP contribution in [0.4, 0.5) is 9.93 Å². The number of nitrogens with one attached hydrogen (secondary N) is 3. The fraction of sp³-hybridized carbons (Fsp3) is 0.421. The molecule has 1 atom stereocenters. The Bertz CT molecular complexity index is 866. The number of hydrogen-bond donors (Lipinski definition) is 3. The molecule has 0 bridgehead atoms. The third-order valence-electron chi connectivity index (χ3n) is 4.50. The first-order valence-electron chi connectivity index (χ1n) is 9.27. The molecular formula is C19H25N5O4S. The normalized spacial score (nSPS) is 14.8. The third-order valence-corrected chi connectivity index (χ3v) is 5.40. The predicted octanol–water partition coefficient (Wildman–Crippen LogP) is 2.00. The van der Waals surface area contributed by atoms with Gasteiger partial charge in [0.2, 0.25) is 0 Å². The van der Waals surface area contributed by atoms with Crippen molar-refractivity contribution in [3.05, 3.63) is 40.4 Å². The van der Waals surface area contributed by atoms with Crippen molar-refractivity contribution in [1.82, 2.24) is 21.2 Å². The molecule has 3 N–H and O–H groups in total. The van der Waals surface area contributed by atoms with Crippen molar-refractivity contribution in [3.63, 3.8) is 0 Å². The number of urea groups is 1. The number of methoxy groups -OCH3 is 1. The highest BCUT2D eigenvalue weighted by molar-refractivity contribution is 7.13. The SMILES string of the molecule is COc1ccc(C)cc1C(C)NC(=O)NNC(=O)c1csc(N2CCOCC2)n1. The average molecular weight is 420 g/mol. The Kier molecular flexibility index (Phi) is 6.89. The van der Waals surface area contributed by atoms with Gasteiger partial charge < -0.3 is 19.7 Å². The number of ether oxygens (including phenoxy) is 2. The Morgan fingerprint density at radius 1 is 1.28 bits per heavy atom. The summed E-state index contributed by atoms with van der Waals surface area (Å²) in [5.74, 6) is 0.210. The molecule has 0 saturated carbocycles. The monoisotopic (exact) mass is 419 g/mol. The van der Waals surface area contributed by atoms with Crippen molar-refractivity contribution < 1.29 is 19.1 Å². The van der Waals surface area contributed by atoms with Gasteiger partial charge in [-0.25, -0.2) is 15.2 Å². The van der Waals surface area contributed by atoms with Crippen LogP contribution in [0, 0.1) is 6.92 Å². The maximum absolute atomic E-state index is 12.3. The Hall–Kier alpha value is -2.85. The van der Waals surface area contributed by atoms with Gasteiger partial charge in [-0.15, -0.1) is 11.3 Å². The number of amides is 3. The zero-order valence-corrected chi connectivity index (χ0v) is 17.5. The van der Waals surface area contributed by atoms with Gasteiger partial charge in [0.1, 0.15) is 11.4 Å². The summed E-state index contributed by atoms with van der Waals surface area (Å²) >= 11 is 1.39. The third kappa shape index (κ3) is 5.36. The number of carbonyl (C=O) groups excluding carboxylic acids is 2. The molecule has 3 rings (SSSR count). The van der Waals surface area contributed by atoms with Crippen molar-refractivity contribution in [2.24, 2.45) is 0 Å². The van der Waals surface area contributed by atoms with Crippen LogP contribution in [0.2, 0.25) is 0 Å². The Morgan fingerprint density at radius 3 is 2.76 bits per heavy atom.